The van der Waals surface area contributed by atoms with Gasteiger partial charge < -0.3 is 173 Å². The molecule has 0 saturated carbocycles. The molecular weight excluding hydrogens is 1900 g/mol. The molecule has 0 aromatic carbocycles. The molecule has 46 nitrogen and oxygen atoms in total. The third-order valence-electron chi connectivity index (χ3n) is 17.2. The number of unbranched alkanes of at least 4 members (excludes halogenated alkanes) is 2. The fourth-order valence-electron chi connectivity index (χ4n) is 9.01. The molecule has 0 bridgehead atoms. The molecule has 2 rings (SSSR count). The Kier molecular flexibility index (Phi) is 86.4. The van der Waals surface area contributed by atoms with Gasteiger partial charge in [0.1, 0.15) is 76.1 Å². The smallest absolute Gasteiger partial charge is 0.336 e. The number of aliphatic hydroxyl groups excluding tert-OH is 7. The largest absolute Gasteiger partial charge is 0.476 e. The number of esters is 10. The first-order chi connectivity index (χ1) is 68.2. The lowest BCUT2D eigenvalue weighted by Crippen LogP contribution is -2.43. The average molecular weight is 2050 g/mol. The highest BCUT2D eigenvalue weighted by molar-refractivity contribution is 5.90. The van der Waals surface area contributed by atoms with Crippen LogP contribution >= 0.6 is 0 Å². The number of cyclic esters (lactones) is 3. The van der Waals surface area contributed by atoms with E-state index in [2.05, 4.69) is 121 Å². The van der Waals surface area contributed by atoms with Gasteiger partial charge in [-0.2, -0.15) is 0 Å². The van der Waals surface area contributed by atoms with Gasteiger partial charge in [-0.15, -0.1) is 0 Å². The molecule has 0 spiro atoms. The van der Waals surface area contributed by atoms with Crippen molar-refractivity contribution in [1.29, 1.82) is 0 Å². The van der Waals surface area contributed by atoms with Crippen molar-refractivity contribution in [3.05, 3.63) is 210 Å². The van der Waals surface area contributed by atoms with Crippen LogP contribution in [0, 0.1) is 16.2 Å². The monoisotopic (exact) mass is 2050 g/mol. The number of carbonyl (C=O) groups is 10. The summed E-state index contributed by atoms with van der Waals surface area (Å²) < 4.78 is 148. The summed E-state index contributed by atoms with van der Waals surface area (Å²) >= 11 is 0. The minimum Gasteiger partial charge on any atom is -0.476 e. The Labute approximate surface area is 835 Å². The fraction of sp³-hybridized carbons (Fsp3) is 0.546. The maximum atomic E-state index is 12.3. The van der Waals surface area contributed by atoms with Gasteiger partial charge in [-0.25, -0.2) is 33.6 Å². The van der Waals surface area contributed by atoms with E-state index < -0.39 is 83.8 Å². The third kappa shape index (κ3) is 79.2. The molecule has 2 aliphatic heterocycles. The highest BCUT2D eigenvalue weighted by Gasteiger charge is 2.39. The summed E-state index contributed by atoms with van der Waals surface area (Å²) in [6.07, 6.45) is 9.28. The van der Waals surface area contributed by atoms with Crippen molar-refractivity contribution in [3.8, 4) is 0 Å². The molecular formula is C97H148O46. The van der Waals surface area contributed by atoms with Gasteiger partial charge in [0, 0.05) is 24.8 Å². The van der Waals surface area contributed by atoms with E-state index in [-0.39, 0.29) is 276 Å². The van der Waals surface area contributed by atoms with Gasteiger partial charge in [0.15, 0.2) is 54.3 Å². The number of rotatable bonds is 68. The van der Waals surface area contributed by atoms with Gasteiger partial charge >= 0.3 is 59.7 Å². The lowest BCUT2D eigenvalue weighted by atomic mass is 9.78. The normalized spacial score (nSPS) is 13.0. The lowest BCUT2D eigenvalue weighted by molar-refractivity contribution is -0.167. The second-order valence-corrected chi connectivity index (χ2v) is 29.9. The summed E-state index contributed by atoms with van der Waals surface area (Å²) in [6.45, 7) is 61.6. The standard InChI is InChI=1S/C28H46O11.C19H28O10.C14H20O8.C14H22O7.C14H22O6.C8H10O4/c1-6-34-21-37-18-28(15-32,19-38-22-35-7-2)17-36-16-27(10-8-23(3)12-29,11-9-24(4)13-30)20-39-26(33)25(5)14-31;1-5-24-13-26-9-19(10-27-14-25-6-2,11-28-17(22)15(3)7-20)12-29-18(23)16(4)8-21;1-11-7-19-9-17-4-3-13(15)21-8-12(2)22-10-18-5-6-20-14(11)16;1-11(9-20-13(3)16)14(17)19-7-5-4-6-18-10-21-12(2)8-15;1-11(2)14(16)18-8-6-5-7-17-10-20-12(3)9-19-13(4)15;1-6-3-10-5-12-7(2)4-11-8(6)9/h6-7,29-32H,1-5,8-22H2;5-6,20-21H,1-4,7-14H2;1-10H2;15H,1-2,4-10H2,3H3;1,3,5-10H2,2,4H3;1-5H2. The van der Waals surface area contributed by atoms with E-state index in [4.69, 9.17) is 143 Å². The van der Waals surface area contributed by atoms with Crippen LogP contribution in [0.4, 0.5) is 0 Å². The lowest BCUT2D eigenvalue weighted by Gasteiger charge is -2.36. The maximum absolute atomic E-state index is 12.3. The number of ether oxygens (including phenoxy) is 29. The predicted octanol–water partition coefficient (Wildman–Crippen LogP) is 6.42. The van der Waals surface area contributed by atoms with Gasteiger partial charge in [-0.05, 0) is 58.3 Å². The van der Waals surface area contributed by atoms with Crippen LogP contribution in [0.15, 0.2) is 210 Å². The van der Waals surface area contributed by atoms with Crippen molar-refractivity contribution in [2.45, 2.75) is 78.6 Å². The van der Waals surface area contributed by atoms with E-state index in [1.165, 1.54) is 38.9 Å². The van der Waals surface area contributed by atoms with Crippen molar-refractivity contribution >= 4 is 59.7 Å². The van der Waals surface area contributed by atoms with Crippen LogP contribution in [0.2, 0.25) is 0 Å². The Hall–Kier alpha value is -12.0. The number of aliphatic hydroxyl groups is 7. The zero-order valence-electron chi connectivity index (χ0n) is 82.6. The third-order valence-corrected chi connectivity index (χ3v) is 17.2. The van der Waals surface area contributed by atoms with Crippen molar-refractivity contribution < 1.29 is 221 Å². The molecule has 2 heterocycles. The molecule has 0 aromatic rings. The maximum Gasteiger partial charge on any atom is 0.336 e. The van der Waals surface area contributed by atoms with Crippen molar-refractivity contribution in [1.82, 2.24) is 0 Å². The van der Waals surface area contributed by atoms with Crippen molar-refractivity contribution in [3.63, 3.8) is 0 Å². The molecule has 812 valence electrons. The molecule has 0 unspecified atom stereocenters. The SMILES string of the molecule is C=C(CO)OCOCCCCOC(=O)C(=C)COC(C)=O.C=C(COC(C)=O)OCOCCCCOC(=O)C(=C)C.C=C1COC(=O)C(=C)COCO1.C=C1COC(=O)CCOCOCC(=C)C(=O)OCCOCO1.C=COCOCC(CO)(COCOC=C)COCC(CCC(=C)CO)(CCC(=C)CO)COC(=O)C(=C)CO.C=COCOCC(COCOC=C)(COC(=O)C(=C)CO)COC(=O)C(=C)CO. The Balaban J connectivity index is -0.000000836. The molecule has 2 saturated heterocycles. The summed E-state index contributed by atoms with van der Waals surface area (Å²) in [7, 11) is 0. The molecule has 46 heteroatoms. The molecule has 0 aliphatic carbocycles. The Morgan fingerprint density at radius 3 is 1.15 bits per heavy atom. The first-order valence-corrected chi connectivity index (χ1v) is 43.6. The summed E-state index contributed by atoms with van der Waals surface area (Å²) in [5.74, 6) is -4.55. The van der Waals surface area contributed by atoms with Gasteiger partial charge in [0.2, 0.25) is 0 Å². The van der Waals surface area contributed by atoms with Crippen LogP contribution < -0.4 is 0 Å². The van der Waals surface area contributed by atoms with Gasteiger partial charge in [0.25, 0.3) is 0 Å². The topological polar surface area (TPSA) is 580 Å². The van der Waals surface area contributed by atoms with Gasteiger partial charge in [-0.3, -0.25) is 14.4 Å². The van der Waals surface area contributed by atoms with Crippen LogP contribution in [0.25, 0.3) is 0 Å². The van der Waals surface area contributed by atoms with Crippen LogP contribution in [-0.2, 0) is 185 Å². The molecule has 0 atom stereocenters. The number of hydrogen-bond donors (Lipinski definition) is 7. The molecule has 7 N–H and O–H groups in total. The minimum atomic E-state index is -1.17. The predicted molar refractivity (Wildman–Crippen MR) is 507 cm³/mol. The second kappa shape index (κ2) is 90.0. The number of carbonyl (C=O) groups excluding carboxylic acids is 10. The van der Waals surface area contributed by atoms with Crippen LogP contribution in [0.3, 0.4) is 0 Å². The van der Waals surface area contributed by atoms with E-state index in [0.717, 1.165) is 6.42 Å². The van der Waals surface area contributed by atoms with Crippen LogP contribution in [0.1, 0.15) is 78.6 Å². The zero-order chi connectivity index (χ0) is 108. The van der Waals surface area contributed by atoms with E-state index in [1.807, 2.05) is 0 Å². The van der Waals surface area contributed by atoms with Crippen molar-refractivity contribution in [2.24, 2.45) is 16.2 Å². The second-order valence-electron chi connectivity index (χ2n) is 29.9. The number of hydrogen-bond acceptors (Lipinski definition) is 46. The first kappa shape index (κ1) is 137. The summed E-state index contributed by atoms with van der Waals surface area (Å²) in [6, 6.07) is 0. The van der Waals surface area contributed by atoms with E-state index >= 15 is 0 Å². The van der Waals surface area contributed by atoms with E-state index in [9.17, 15) is 68.4 Å². The van der Waals surface area contributed by atoms with E-state index in [0.29, 0.717) is 93.0 Å². The molecule has 0 amide bonds. The molecule has 143 heavy (non-hydrogen) atoms. The summed E-state index contributed by atoms with van der Waals surface area (Å²) in [5.41, 5.74) is -1.26. The summed E-state index contributed by atoms with van der Waals surface area (Å²) in [4.78, 5) is 113. The highest BCUT2D eigenvalue weighted by atomic mass is 16.7. The Morgan fingerprint density at radius 2 is 0.720 bits per heavy atom. The molecule has 0 aromatic heterocycles. The highest BCUT2D eigenvalue weighted by Crippen LogP contribution is 2.35. The quantitative estimate of drug-likeness (QED) is 0.00656. The molecule has 0 radical (unpaired) electrons. The fourth-order valence-corrected chi connectivity index (χ4v) is 9.01. The van der Waals surface area contributed by atoms with E-state index in [1.54, 1.807) is 6.92 Å². The summed E-state index contributed by atoms with van der Waals surface area (Å²) in [5, 5.41) is 65.0. The van der Waals surface area contributed by atoms with Crippen LogP contribution in [0.5, 0.6) is 0 Å². The van der Waals surface area contributed by atoms with Crippen molar-refractivity contribution in [2.75, 3.05) is 253 Å². The molecule has 2 aliphatic rings. The molecule has 2 fully saturated rings. The van der Waals surface area contributed by atoms with Gasteiger partial charge in [-0.1, -0.05) is 123 Å². The van der Waals surface area contributed by atoms with Crippen LogP contribution in [-0.4, -0.2) is 348 Å². The zero-order valence-corrected chi connectivity index (χ0v) is 82.6. The van der Waals surface area contributed by atoms with Gasteiger partial charge in [0.05, 0.1) is 221 Å². The minimum absolute atomic E-state index is 0.00733. The first-order valence-electron chi connectivity index (χ1n) is 43.6. The average Bonchev–Trinajstić information content (AvgIpc) is 0.978. The Morgan fingerprint density at radius 1 is 0.343 bits per heavy atom. The Bertz CT molecular complexity index is 3770.